The molecule has 1 aromatic carbocycles. The third kappa shape index (κ3) is 5.54. The first-order chi connectivity index (χ1) is 15.7. The lowest BCUT2D eigenvalue weighted by Crippen LogP contribution is -2.21. The van der Waals surface area contributed by atoms with Gasteiger partial charge in [0.2, 0.25) is 0 Å². The zero-order valence-electron chi connectivity index (χ0n) is 17.9. The van der Waals surface area contributed by atoms with Crippen molar-refractivity contribution in [2.24, 2.45) is 5.92 Å². The highest BCUT2D eigenvalue weighted by molar-refractivity contribution is 9.10. The molecule has 1 aliphatic rings. The van der Waals surface area contributed by atoms with E-state index in [4.69, 9.17) is 40.2 Å². The van der Waals surface area contributed by atoms with E-state index in [1.54, 1.807) is 22.1 Å². The maximum absolute atomic E-state index is 12.5. The third-order valence-electron chi connectivity index (χ3n) is 5.41. The van der Waals surface area contributed by atoms with Gasteiger partial charge in [0.05, 0.1) is 33.7 Å². The number of hydrogen-bond donors (Lipinski definition) is 2. The number of nitrogens with zero attached hydrogens (tertiary/aromatic N) is 2. The molecule has 3 aromatic rings. The summed E-state index contributed by atoms with van der Waals surface area (Å²) >= 11 is 22.7. The smallest absolute Gasteiger partial charge is 0.341 e. The summed E-state index contributed by atoms with van der Waals surface area (Å²) in [5.74, 6) is 0.802. The van der Waals surface area contributed by atoms with E-state index in [1.165, 1.54) is 12.0 Å². The number of thiocarbonyl (C=S) groups is 1. The highest BCUT2D eigenvalue weighted by atomic mass is 79.9. The van der Waals surface area contributed by atoms with E-state index in [9.17, 15) is 4.79 Å². The second kappa shape index (κ2) is 10.3. The van der Waals surface area contributed by atoms with E-state index in [2.05, 4.69) is 38.6 Å². The molecule has 33 heavy (non-hydrogen) atoms. The summed E-state index contributed by atoms with van der Waals surface area (Å²) in [6.45, 7) is 2.74. The van der Waals surface area contributed by atoms with Crippen molar-refractivity contribution in [2.45, 2.75) is 32.7 Å². The van der Waals surface area contributed by atoms with E-state index in [1.807, 2.05) is 18.3 Å². The number of benzene rings is 1. The number of anilines is 2. The fourth-order valence-electron chi connectivity index (χ4n) is 3.79. The molecule has 6 nitrogen and oxygen atoms in total. The molecule has 0 saturated heterocycles. The number of ether oxygens (including phenoxy) is 1. The fraction of sp³-hybridized carbons (Fsp3) is 0.318. The van der Waals surface area contributed by atoms with Crippen LogP contribution in [0.5, 0.6) is 0 Å². The minimum absolute atomic E-state index is 0.340. The van der Waals surface area contributed by atoms with Gasteiger partial charge < -0.3 is 15.4 Å². The molecule has 2 aromatic heterocycles. The lowest BCUT2D eigenvalue weighted by Gasteiger charge is -2.18. The molecule has 0 amide bonds. The van der Waals surface area contributed by atoms with E-state index in [-0.39, 0.29) is 5.97 Å². The van der Waals surface area contributed by atoms with Gasteiger partial charge >= 0.3 is 5.97 Å². The second-order valence-electron chi connectivity index (χ2n) is 7.90. The summed E-state index contributed by atoms with van der Waals surface area (Å²) in [4.78, 5) is 13.7. The first-order valence-electron chi connectivity index (χ1n) is 10.2. The molecule has 0 bridgehead atoms. The first kappa shape index (κ1) is 24.5. The van der Waals surface area contributed by atoms with Crippen molar-refractivity contribution < 1.29 is 9.53 Å². The van der Waals surface area contributed by atoms with Crippen LogP contribution in [0.2, 0.25) is 10.0 Å². The molecular weight excluding hydrogens is 567 g/mol. The van der Waals surface area contributed by atoms with Gasteiger partial charge in [0.15, 0.2) is 10.9 Å². The van der Waals surface area contributed by atoms with Gasteiger partial charge in [-0.15, -0.1) is 11.3 Å². The van der Waals surface area contributed by atoms with Crippen LogP contribution in [0.15, 0.2) is 28.9 Å². The summed E-state index contributed by atoms with van der Waals surface area (Å²) in [5, 5.41) is 12.9. The number of carbonyl (C=O) groups excluding carboxylic acids is 1. The number of rotatable bonds is 5. The van der Waals surface area contributed by atoms with Crippen LogP contribution in [-0.4, -0.2) is 28.0 Å². The van der Waals surface area contributed by atoms with Gasteiger partial charge in [-0.1, -0.05) is 36.2 Å². The average Bonchev–Trinajstić information content (AvgIpc) is 3.28. The number of aromatic nitrogens is 2. The molecule has 2 N–H and O–H groups in total. The first-order valence-corrected chi connectivity index (χ1v) is 13.0. The summed E-state index contributed by atoms with van der Waals surface area (Å²) in [7, 11) is 1.40. The molecule has 1 unspecified atom stereocenters. The van der Waals surface area contributed by atoms with Crippen LogP contribution in [0.4, 0.5) is 10.8 Å². The number of methoxy groups -OCH3 is 1. The number of hydrogen-bond acceptors (Lipinski definition) is 5. The van der Waals surface area contributed by atoms with Crippen molar-refractivity contribution in [3.63, 3.8) is 0 Å². The van der Waals surface area contributed by atoms with Crippen molar-refractivity contribution in [1.82, 2.24) is 9.78 Å². The van der Waals surface area contributed by atoms with E-state index >= 15 is 0 Å². The van der Waals surface area contributed by atoms with Crippen molar-refractivity contribution in [3.05, 3.63) is 60.5 Å². The summed E-state index contributed by atoms with van der Waals surface area (Å²) in [6.07, 6.45) is 4.72. The summed E-state index contributed by atoms with van der Waals surface area (Å²) < 4.78 is 7.56. The fourth-order valence-corrected chi connectivity index (χ4v) is 6.19. The monoisotopic (exact) mass is 586 g/mol. The Balaban J connectivity index is 1.49. The van der Waals surface area contributed by atoms with Crippen LogP contribution in [0.1, 0.15) is 39.7 Å². The Morgan fingerprint density at radius 2 is 2.15 bits per heavy atom. The van der Waals surface area contributed by atoms with Gasteiger partial charge in [-0.25, -0.2) is 4.79 Å². The van der Waals surface area contributed by atoms with Crippen molar-refractivity contribution in [1.29, 1.82) is 0 Å². The van der Waals surface area contributed by atoms with Gasteiger partial charge in [0.25, 0.3) is 0 Å². The third-order valence-corrected chi connectivity index (χ3v) is 8.10. The zero-order chi connectivity index (χ0) is 23.7. The zero-order valence-corrected chi connectivity index (χ0v) is 22.6. The number of fused-ring (bicyclic) bond motifs is 1. The topological polar surface area (TPSA) is 68.2 Å². The number of thiophene rings is 1. The van der Waals surface area contributed by atoms with Crippen molar-refractivity contribution in [3.8, 4) is 0 Å². The van der Waals surface area contributed by atoms with E-state index in [0.29, 0.717) is 44.0 Å². The Morgan fingerprint density at radius 3 is 2.88 bits per heavy atom. The maximum atomic E-state index is 12.5. The molecule has 1 aliphatic carbocycles. The molecule has 0 aliphatic heterocycles. The predicted molar refractivity (Wildman–Crippen MR) is 142 cm³/mol. The Kier molecular flexibility index (Phi) is 7.65. The molecule has 2 heterocycles. The number of nitrogens with one attached hydrogen (secondary N) is 2. The molecule has 0 radical (unpaired) electrons. The van der Waals surface area contributed by atoms with Crippen molar-refractivity contribution >= 4 is 84.6 Å². The van der Waals surface area contributed by atoms with Gasteiger partial charge in [-0.05, 0) is 76.6 Å². The van der Waals surface area contributed by atoms with Crippen molar-refractivity contribution in [2.75, 3.05) is 17.7 Å². The Morgan fingerprint density at radius 1 is 1.36 bits per heavy atom. The molecule has 1 atom stereocenters. The SMILES string of the molecule is COC(=O)c1c(NC(=S)Nc2nn(Cc3ccc(Cl)c(Cl)c3)cc2Br)sc2c1CCC(C)C2. The van der Waals surface area contributed by atoms with Crippen LogP contribution in [0.3, 0.4) is 0 Å². The maximum Gasteiger partial charge on any atom is 0.341 e. The largest absolute Gasteiger partial charge is 0.465 e. The normalized spacial score (nSPS) is 15.1. The van der Waals surface area contributed by atoms with Gasteiger partial charge in [0, 0.05) is 11.1 Å². The van der Waals surface area contributed by atoms with Crippen LogP contribution in [0.25, 0.3) is 0 Å². The molecule has 11 heteroatoms. The van der Waals surface area contributed by atoms with Crippen LogP contribution >= 0.6 is 62.7 Å². The molecule has 0 spiro atoms. The average molecular weight is 588 g/mol. The minimum Gasteiger partial charge on any atom is -0.465 e. The molecule has 0 fully saturated rings. The lowest BCUT2D eigenvalue weighted by atomic mass is 9.88. The highest BCUT2D eigenvalue weighted by Gasteiger charge is 2.28. The lowest BCUT2D eigenvalue weighted by molar-refractivity contribution is 0.0601. The molecule has 0 saturated carbocycles. The second-order valence-corrected chi connectivity index (χ2v) is 11.1. The predicted octanol–water partition coefficient (Wildman–Crippen LogP) is 6.78. The standard InChI is InChI=1S/C22H21BrCl2N4O2S2/c1-11-3-5-13-17(7-11)33-20(18(13)21(30)31-2)27-22(32)26-19-14(23)10-29(28-19)9-12-4-6-15(24)16(25)8-12/h4,6,8,10-11H,3,5,7,9H2,1-2H3,(H2,26,27,28,32). The highest BCUT2D eigenvalue weighted by Crippen LogP contribution is 2.40. The Labute approximate surface area is 219 Å². The van der Waals surface area contributed by atoms with Crippen LogP contribution in [0, 0.1) is 5.92 Å². The minimum atomic E-state index is -0.348. The number of carbonyl (C=O) groups is 1. The van der Waals surface area contributed by atoms with E-state index in [0.717, 1.165) is 34.9 Å². The molecular formula is C22H21BrCl2N4O2S2. The Hall–Kier alpha value is -1.65. The van der Waals surface area contributed by atoms with Gasteiger partial charge in [-0.2, -0.15) is 5.10 Å². The summed E-state index contributed by atoms with van der Waals surface area (Å²) in [5.41, 5.74) is 2.62. The molecule has 174 valence electrons. The number of halogens is 3. The van der Waals surface area contributed by atoms with Crippen LogP contribution in [-0.2, 0) is 24.1 Å². The summed E-state index contributed by atoms with van der Waals surface area (Å²) in [6, 6.07) is 5.47. The number of esters is 1. The van der Waals surface area contributed by atoms with Gasteiger partial charge in [-0.3, -0.25) is 4.68 Å². The van der Waals surface area contributed by atoms with Gasteiger partial charge in [0.1, 0.15) is 5.00 Å². The Bertz CT molecular complexity index is 1230. The van der Waals surface area contributed by atoms with Crippen LogP contribution < -0.4 is 10.6 Å². The van der Waals surface area contributed by atoms with E-state index < -0.39 is 0 Å². The molecule has 4 rings (SSSR count). The quantitative estimate of drug-likeness (QED) is 0.253.